The van der Waals surface area contributed by atoms with Crippen LogP contribution in [-0.2, 0) is 31.1 Å². The zero-order valence-electron chi connectivity index (χ0n) is 15.3. The third-order valence-electron chi connectivity index (χ3n) is 4.95. The second-order valence-corrected chi connectivity index (χ2v) is 12.7. The van der Waals surface area contributed by atoms with Crippen molar-refractivity contribution in [3.63, 3.8) is 0 Å². The Hall–Kier alpha value is -1.69. The molecule has 26 heavy (non-hydrogen) atoms. The van der Waals surface area contributed by atoms with E-state index in [0.717, 1.165) is 19.3 Å². The van der Waals surface area contributed by atoms with E-state index in [9.17, 15) is 0 Å². The molecular weight excluding hydrogens is 351 g/mol. The van der Waals surface area contributed by atoms with E-state index >= 15 is 0 Å². The van der Waals surface area contributed by atoms with Gasteiger partial charge in [0.05, 0.1) is 0 Å². The summed E-state index contributed by atoms with van der Waals surface area (Å²) >= 11 is 6.31. The molecule has 0 aliphatic heterocycles. The largest absolute Gasteiger partial charge is 0.0974 e. The van der Waals surface area contributed by atoms with Gasteiger partial charge in [-0.2, -0.15) is 0 Å². The van der Waals surface area contributed by atoms with E-state index in [1.165, 1.54) is 35.2 Å². The van der Waals surface area contributed by atoms with Crippen LogP contribution in [0, 0.1) is 0 Å². The van der Waals surface area contributed by atoms with Gasteiger partial charge in [0, 0.05) is 0 Å². The highest BCUT2D eigenvalue weighted by atomic mass is 32.4. The molecule has 134 valence electrons. The van der Waals surface area contributed by atoms with Crippen LogP contribution < -0.4 is 0 Å². The Morgan fingerprint density at radius 2 is 0.731 bits per heavy atom. The Morgan fingerprint density at radius 3 is 1.00 bits per heavy atom. The molecule has 0 radical (unpaired) electrons. The van der Waals surface area contributed by atoms with Crippen molar-refractivity contribution in [2.45, 2.75) is 19.3 Å². The standard InChI is InChI=1S/C24H27PS/c26-25(19-16-22-10-4-1-5-11-22,20-17-23-12-6-2-7-13-23)21-18-24-14-8-3-9-15-24/h1-15H,16-21H2. The maximum absolute atomic E-state index is 6.31. The van der Waals surface area contributed by atoms with Gasteiger partial charge in [-0.15, -0.1) is 0 Å². The van der Waals surface area contributed by atoms with Crippen LogP contribution >= 0.6 is 6.04 Å². The fraction of sp³-hybridized carbons (Fsp3) is 0.250. The molecule has 0 nitrogen and oxygen atoms in total. The summed E-state index contributed by atoms with van der Waals surface area (Å²) in [6, 6.07) is 31.1. The van der Waals surface area contributed by atoms with Crippen LogP contribution in [0.1, 0.15) is 16.7 Å². The maximum Gasteiger partial charge on any atom is -0.0194 e. The van der Waals surface area contributed by atoms with Gasteiger partial charge in [0.2, 0.25) is 0 Å². The lowest BCUT2D eigenvalue weighted by atomic mass is 10.2. The number of aryl methyl sites for hydroxylation is 3. The SMILES string of the molecule is S=P(CCc1ccccc1)(CCc1ccccc1)CCc1ccccc1. The van der Waals surface area contributed by atoms with Crippen molar-refractivity contribution in [2.24, 2.45) is 0 Å². The van der Waals surface area contributed by atoms with E-state index in [1.54, 1.807) is 0 Å². The first kappa shape index (κ1) is 19.1. The van der Waals surface area contributed by atoms with Crippen LogP contribution in [0.2, 0.25) is 0 Å². The summed E-state index contributed by atoms with van der Waals surface area (Å²) in [6.07, 6.45) is 6.86. The molecule has 0 bridgehead atoms. The molecular formula is C24H27PS. The zero-order chi connectivity index (χ0) is 18.1. The number of rotatable bonds is 9. The highest BCUT2D eigenvalue weighted by Crippen LogP contribution is 2.47. The monoisotopic (exact) mass is 378 g/mol. The van der Waals surface area contributed by atoms with Gasteiger partial charge >= 0.3 is 0 Å². The Kier molecular flexibility index (Phi) is 7.23. The minimum Gasteiger partial charge on any atom is -0.0974 e. The van der Waals surface area contributed by atoms with Crippen LogP contribution in [-0.4, -0.2) is 18.5 Å². The number of hydrogen-bond donors (Lipinski definition) is 0. The molecule has 0 aromatic heterocycles. The normalized spacial score (nSPS) is 11.4. The van der Waals surface area contributed by atoms with Crippen molar-refractivity contribution < 1.29 is 0 Å². The Balaban J connectivity index is 1.65. The van der Waals surface area contributed by atoms with E-state index in [-0.39, 0.29) is 0 Å². The topological polar surface area (TPSA) is 0 Å². The van der Waals surface area contributed by atoms with Crippen LogP contribution in [0.15, 0.2) is 91.0 Å². The molecule has 0 saturated heterocycles. The Morgan fingerprint density at radius 1 is 0.462 bits per heavy atom. The van der Waals surface area contributed by atoms with Crippen molar-refractivity contribution in [2.75, 3.05) is 18.5 Å². The van der Waals surface area contributed by atoms with E-state index in [0.29, 0.717) is 0 Å². The molecule has 0 aliphatic rings. The minimum absolute atomic E-state index is 1.11. The third kappa shape index (κ3) is 6.24. The van der Waals surface area contributed by atoms with E-state index in [2.05, 4.69) is 91.0 Å². The lowest BCUT2D eigenvalue weighted by Gasteiger charge is -2.23. The van der Waals surface area contributed by atoms with Crippen LogP contribution in [0.4, 0.5) is 0 Å². The van der Waals surface area contributed by atoms with Crippen molar-refractivity contribution in [3.8, 4) is 0 Å². The van der Waals surface area contributed by atoms with Gasteiger partial charge in [-0.3, -0.25) is 0 Å². The van der Waals surface area contributed by atoms with Crippen LogP contribution in [0.5, 0.6) is 0 Å². The molecule has 0 saturated carbocycles. The summed E-state index contributed by atoms with van der Waals surface area (Å²) in [7, 11) is 0. The van der Waals surface area contributed by atoms with Crippen LogP contribution in [0.25, 0.3) is 0 Å². The zero-order valence-corrected chi connectivity index (χ0v) is 17.0. The highest BCUT2D eigenvalue weighted by Gasteiger charge is 2.17. The molecule has 0 N–H and O–H groups in total. The van der Waals surface area contributed by atoms with Gasteiger partial charge in [0.25, 0.3) is 0 Å². The fourth-order valence-electron chi connectivity index (χ4n) is 3.27. The summed E-state index contributed by atoms with van der Waals surface area (Å²) in [5, 5.41) is 0. The first-order chi connectivity index (χ1) is 12.7. The average molecular weight is 379 g/mol. The van der Waals surface area contributed by atoms with Crippen molar-refractivity contribution >= 4 is 17.8 Å². The Labute approximate surface area is 163 Å². The van der Waals surface area contributed by atoms with Gasteiger partial charge in [-0.05, 0) is 60.5 Å². The molecule has 0 heterocycles. The minimum atomic E-state index is -1.38. The average Bonchev–Trinajstić information content (AvgIpc) is 2.72. The van der Waals surface area contributed by atoms with Crippen molar-refractivity contribution in [1.82, 2.24) is 0 Å². The van der Waals surface area contributed by atoms with E-state index < -0.39 is 6.04 Å². The fourth-order valence-corrected chi connectivity index (χ4v) is 6.76. The summed E-state index contributed by atoms with van der Waals surface area (Å²) in [6.45, 7) is 0. The second kappa shape index (κ2) is 9.86. The summed E-state index contributed by atoms with van der Waals surface area (Å²) in [4.78, 5) is 0. The maximum atomic E-state index is 6.31. The quantitative estimate of drug-likeness (QED) is 0.400. The molecule has 0 fully saturated rings. The molecule has 3 aromatic carbocycles. The highest BCUT2D eigenvalue weighted by molar-refractivity contribution is 8.14. The molecule has 2 heteroatoms. The summed E-state index contributed by atoms with van der Waals surface area (Å²) < 4.78 is 0. The second-order valence-electron chi connectivity index (χ2n) is 6.94. The molecule has 0 aliphatic carbocycles. The van der Waals surface area contributed by atoms with Gasteiger partial charge in [-0.1, -0.05) is 103 Å². The van der Waals surface area contributed by atoms with Gasteiger partial charge in [0.1, 0.15) is 0 Å². The third-order valence-corrected chi connectivity index (χ3v) is 9.71. The summed E-state index contributed by atoms with van der Waals surface area (Å²) in [5.41, 5.74) is 4.25. The molecule has 0 amide bonds. The molecule has 0 unspecified atom stereocenters. The van der Waals surface area contributed by atoms with Crippen LogP contribution in [0.3, 0.4) is 0 Å². The molecule has 3 rings (SSSR count). The predicted molar refractivity (Wildman–Crippen MR) is 119 cm³/mol. The smallest absolute Gasteiger partial charge is 0.0194 e. The van der Waals surface area contributed by atoms with E-state index in [4.69, 9.17) is 11.8 Å². The summed E-state index contributed by atoms with van der Waals surface area (Å²) in [5.74, 6) is 0. The lowest BCUT2D eigenvalue weighted by molar-refractivity contribution is 1.06. The van der Waals surface area contributed by atoms with Gasteiger partial charge in [0.15, 0.2) is 0 Å². The van der Waals surface area contributed by atoms with Crippen molar-refractivity contribution in [3.05, 3.63) is 108 Å². The van der Waals surface area contributed by atoms with Gasteiger partial charge < -0.3 is 0 Å². The number of benzene rings is 3. The predicted octanol–water partition coefficient (Wildman–Crippen LogP) is 6.19. The molecule has 0 spiro atoms. The van der Waals surface area contributed by atoms with Crippen molar-refractivity contribution in [1.29, 1.82) is 0 Å². The molecule has 0 atom stereocenters. The first-order valence-electron chi connectivity index (χ1n) is 9.42. The van der Waals surface area contributed by atoms with Gasteiger partial charge in [-0.25, -0.2) is 0 Å². The number of hydrogen-bond acceptors (Lipinski definition) is 1. The lowest BCUT2D eigenvalue weighted by Crippen LogP contribution is -2.07. The van der Waals surface area contributed by atoms with E-state index in [1.807, 2.05) is 0 Å². The first-order valence-corrected chi connectivity index (χ1v) is 12.8. The molecule has 3 aromatic rings. The Bertz CT molecular complexity index is 700.